The molecule has 1 heterocycles. The second-order valence-corrected chi connectivity index (χ2v) is 10.1. The third-order valence-corrected chi connectivity index (χ3v) is 7.86. The van der Waals surface area contributed by atoms with Crippen molar-refractivity contribution in [1.29, 1.82) is 0 Å². The van der Waals surface area contributed by atoms with Crippen LogP contribution in [0.2, 0.25) is 0 Å². The van der Waals surface area contributed by atoms with Crippen LogP contribution in [0.3, 0.4) is 0 Å². The number of hydrogen-bond donors (Lipinski definition) is 0. The molecule has 0 radical (unpaired) electrons. The van der Waals surface area contributed by atoms with E-state index in [1.165, 1.54) is 44.2 Å². The number of aromatic nitrogens is 1. The zero-order chi connectivity index (χ0) is 24.6. The molecule has 3 aromatic carbocycles. The van der Waals surface area contributed by atoms with E-state index in [2.05, 4.69) is 83.1 Å². The molecule has 0 aliphatic heterocycles. The highest BCUT2D eigenvalue weighted by Crippen LogP contribution is 2.57. The minimum atomic E-state index is -2.12. The molecule has 0 fully saturated rings. The molecule has 5 rings (SSSR count). The monoisotopic (exact) mass is 409 g/mol. The van der Waals surface area contributed by atoms with E-state index in [1.807, 2.05) is 17.7 Å². The molecule has 1 heteroatoms. The van der Waals surface area contributed by atoms with Gasteiger partial charge in [0.2, 0.25) is 5.69 Å². The first-order valence-electron chi connectivity index (χ1n) is 12.5. The van der Waals surface area contributed by atoms with Crippen LogP contribution in [0.15, 0.2) is 66.9 Å². The molecule has 0 atom stereocenters. The third kappa shape index (κ3) is 2.65. The lowest BCUT2D eigenvalue weighted by Crippen LogP contribution is -2.44. The Kier molecular flexibility index (Phi) is 3.52. The highest BCUT2D eigenvalue weighted by Gasteiger charge is 2.48. The van der Waals surface area contributed by atoms with Gasteiger partial charge < -0.3 is 0 Å². The van der Waals surface area contributed by atoms with Gasteiger partial charge in [-0.3, -0.25) is 0 Å². The Morgan fingerprint density at radius 1 is 0.806 bits per heavy atom. The van der Waals surface area contributed by atoms with E-state index in [-0.39, 0.29) is 10.8 Å². The van der Waals surface area contributed by atoms with Crippen LogP contribution in [0.5, 0.6) is 0 Å². The fourth-order valence-corrected chi connectivity index (χ4v) is 5.49. The first-order chi connectivity index (χ1) is 15.9. The molecule has 1 aromatic heterocycles. The average Bonchev–Trinajstić information content (AvgIpc) is 2.77. The fourth-order valence-electron chi connectivity index (χ4n) is 5.49. The lowest BCUT2D eigenvalue weighted by atomic mass is 9.54. The van der Waals surface area contributed by atoms with Crippen molar-refractivity contribution >= 4 is 10.8 Å². The highest BCUT2D eigenvalue weighted by atomic mass is 14.9. The summed E-state index contributed by atoms with van der Waals surface area (Å²) in [5, 5.41) is 2.53. The van der Waals surface area contributed by atoms with Crippen molar-refractivity contribution in [2.45, 2.75) is 52.3 Å². The first-order valence-corrected chi connectivity index (χ1v) is 11.0. The molecule has 31 heavy (non-hydrogen) atoms. The van der Waals surface area contributed by atoms with Gasteiger partial charge in [-0.25, -0.2) is 4.57 Å². The number of pyridine rings is 1. The van der Waals surface area contributed by atoms with Gasteiger partial charge in [0.25, 0.3) is 0 Å². The van der Waals surface area contributed by atoms with Gasteiger partial charge in [-0.1, -0.05) is 76.2 Å². The van der Waals surface area contributed by atoms with Crippen molar-refractivity contribution in [2.75, 3.05) is 0 Å². The van der Waals surface area contributed by atoms with E-state index in [0.29, 0.717) is 5.56 Å². The third-order valence-electron chi connectivity index (χ3n) is 7.86. The first kappa shape index (κ1) is 16.7. The lowest BCUT2D eigenvalue weighted by molar-refractivity contribution is -0.660. The summed E-state index contributed by atoms with van der Waals surface area (Å²) in [7, 11) is 1.95. The number of benzene rings is 3. The molecule has 0 saturated heterocycles. The standard InChI is InChI=1S/C30H32N/c1-19-12-17-25(31(7)18-19)26-20(2)13-15-23-27-22-11-9-8-10-21(22)14-16-24(27)29(3,4)30(5,6)28(23)26/h8-18H,1-7H3/q+1/i1D3. The van der Waals surface area contributed by atoms with Crippen LogP contribution in [0, 0.1) is 13.8 Å². The van der Waals surface area contributed by atoms with E-state index in [9.17, 15) is 0 Å². The Hall–Kier alpha value is -2.93. The molecule has 0 amide bonds. The summed E-state index contributed by atoms with van der Waals surface area (Å²) >= 11 is 0. The molecule has 1 aliphatic carbocycles. The molecule has 1 nitrogen and oxygen atoms in total. The maximum Gasteiger partial charge on any atom is 0.212 e. The number of aryl methyl sites for hydroxylation is 3. The maximum absolute atomic E-state index is 7.83. The van der Waals surface area contributed by atoms with Crippen molar-refractivity contribution < 1.29 is 8.68 Å². The van der Waals surface area contributed by atoms with Crippen LogP contribution < -0.4 is 4.57 Å². The smallest absolute Gasteiger partial charge is 0.201 e. The minimum Gasteiger partial charge on any atom is -0.201 e. The van der Waals surface area contributed by atoms with Crippen LogP contribution in [0.4, 0.5) is 0 Å². The van der Waals surface area contributed by atoms with Gasteiger partial charge in [0, 0.05) is 21.2 Å². The summed E-state index contributed by atoms with van der Waals surface area (Å²) in [6, 6.07) is 21.4. The van der Waals surface area contributed by atoms with Crippen LogP contribution in [-0.2, 0) is 17.9 Å². The van der Waals surface area contributed by atoms with Crippen LogP contribution >= 0.6 is 0 Å². The summed E-state index contributed by atoms with van der Waals surface area (Å²) in [5.74, 6) is 0. The second-order valence-electron chi connectivity index (χ2n) is 10.1. The number of fused-ring (bicyclic) bond motifs is 5. The maximum atomic E-state index is 7.83. The molecule has 0 unspecified atom stereocenters. The molecule has 0 spiro atoms. The SMILES string of the molecule is [2H]C([2H])([2H])c1ccc(-c2c(C)ccc3c2C(C)(C)C(C)(C)c2ccc4ccccc4c2-3)[n+](C)c1. The topological polar surface area (TPSA) is 3.88 Å². The molecule has 156 valence electrons. The molecule has 0 N–H and O–H groups in total. The quantitative estimate of drug-likeness (QED) is 0.293. The van der Waals surface area contributed by atoms with Crippen molar-refractivity contribution in [3.63, 3.8) is 0 Å². The molecule has 4 aromatic rings. The Balaban J connectivity index is 1.91. The van der Waals surface area contributed by atoms with E-state index in [4.69, 9.17) is 4.11 Å². The fraction of sp³-hybridized carbons (Fsp3) is 0.300. The van der Waals surface area contributed by atoms with E-state index in [1.54, 1.807) is 12.3 Å². The summed E-state index contributed by atoms with van der Waals surface area (Å²) in [6.45, 7) is 9.45. The van der Waals surface area contributed by atoms with Crippen molar-refractivity contribution in [3.05, 3.63) is 89.1 Å². The largest absolute Gasteiger partial charge is 0.212 e. The van der Waals surface area contributed by atoms with E-state index < -0.39 is 6.85 Å². The Morgan fingerprint density at radius 3 is 2.32 bits per heavy atom. The summed E-state index contributed by atoms with van der Waals surface area (Å²) < 4.78 is 25.5. The van der Waals surface area contributed by atoms with Crippen LogP contribution in [-0.4, -0.2) is 0 Å². The summed E-state index contributed by atoms with van der Waals surface area (Å²) in [4.78, 5) is 0. The summed E-state index contributed by atoms with van der Waals surface area (Å²) in [5.41, 5.74) is 8.83. The molecule has 0 saturated carbocycles. The predicted molar refractivity (Wildman–Crippen MR) is 132 cm³/mol. The lowest BCUT2D eigenvalue weighted by Gasteiger charge is -2.49. The molecule has 1 aliphatic rings. The molecule has 0 bridgehead atoms. The van der Waals surface area contributed by atoms with Crippen molar-refractivity contribution in [3.8, 4) is 22.4 Å². The number of rotatable bonds is 1. The number of hydrogen-bond acceptors (Lipinski definition) is 0. The Labute approximate surface area is 190 Å². The second kappa shape index (κ2) is 6.53. The van der Waals surface area contributed by atoms with Crippen molar-refractivity contribution in [1.82, 2.24) is 0 Å². The van der Waals surface area contributed by atoms with E-state index >= 15 is 0 Å². The highest BCUT2D eigenvalue weighted by molar-refractivity contribution is 6.02. The van der Waals surface area contributed by atoms with Crippen molar-refractivity contribution in [2.24, 2.45) is 7.05 Å². The molecular formula is C30H32N+. The number of nitrogens with zero attached hydrogens (tertiary/aromatic N) is 1. The van der Waals surface area contributed by atoms with Gasteiger partial charge in [-0.15, -0.1) is 0 Å². The van der Waals surface area contributed by atoms with Gasteiger partial charge in [0.15, 0.2) is 6.20 Å². The van der Waals surface area contributed by atoms with E-state index in [0.717, 1.165) is 5.69 Å². The molecular weight excluding hydrogens is 374 g/mol. The Bertz CT molecular complexity index is 1460. The normalized spacial score (nSPS) is 17.9. The van der Waals surface area contributed by atoms with Gasteiger partial charge in [0.05, 0.1) is 5.56 Å². The van der Waals surface area contributed by atoms with Gasteiger partial charge >= 0.3 is 0 Å². The Morgan fingerprint density at radius 2 is 1.58 bits per heavy atom. The minimum absolute atomic E-state index is 0.112. The van der Waals surface area contributed by atoms with Gasteiger partial charge in [-0.2, -0.15) is 0 Å². The van der Waals surface area contributed by atoms with Crippen LogP contribution in [0.25, 0.3) is 33.2 Å². The zero-order valence-electron chi connectivity index (χ0n) is 22.3. The van der Waals surface area contributed by atoms with Crippen LogP contribution in [0.1, 0.15) is 54.1 Å². The van der Waals surface area contributed by atoms with Gasteiger partial charge in [-0.05, 0) is 63.8 Å². The average molecular weight is 410 g/mol. The van der Waals surface area contributed by atoms with Gasteiger partial charge in [0.1, 0.15) is 7.05 Å². The predicted octanol–water partition coefficient (Wildman–Crippen LogP) is 7.18. The summed E-state index contributed by atoms with van der Waals surface area (Å²) in [6.07, 6.45) is 1.76. The zero-order valence-corrected chi connectivity index (χ0v) is 19.3.